The molecule has 1 aliphatic carbocycles. The van der Waals surface area contributed by atoms with E-state index in [9.17, 15) is 5.11 Å². The fraction of sp³-hybridized carbons (Fsp3) is 0.190. The summed E-state index contributed by atoms with van der Waals surface area (Å²) in [5.41, 5.74) is 8.82. The summed E-state index contributed by atoms with van der Waals surface area (Å²) < 4.78 is 1.86. The SMILES string of the molecule is C=C1/C=C\C=C/CCC(n2nc(-c3cc(O)c(Cl)cc3Cl)c3c(N)ncnc32)C1. The summed E-state index contributed by atoms with van der Waals surface area (Å²) in [6, 6.07) is 2.99. The van der Waals surface area contributed by atoms with Crippen LogP contribution >= 0.6 is 23.2 Å². The molecule has 2 heterocycles. The van der Waals surface area contributed by atoms with Crippen molar-refractivity contribution >= 4 is 40.1 Å². The highest BCUT2D eigenvalue weighted by Gasteiger charge is 2.24. The van der Waals surface area contributed by atoms with Crippen molar-refractivity contribution in [3.05, 3.63) is 65.0 Å². The third-order valence-electron chi connectivity index (χ3n) is 4.90. The molecule has 0 saturated carbocycles. The molecule has 2 aromatic heterocycles. The van der Waals surface area contributed by atoms with E-state index in [4.69, 9.17) is 34.0 Å². The van der Waals surface area contributed by atoms with Gasteiger partial charge >= 0.3 is 0 Å². The van der Waals surface area contributed by atoms with Crippen molar-refractivity contribution in [1.29, 1.82) is 0 Å². The Labute approximate surface area is 178 Å². The lowest BCUT2D eigenvalue weighted by Crippen LogP contribution is -2.12. The van der Waals surface area contributed by atoms with Crippen LogP contribution in [0, 0.1) is 0 Å². The molecule has 0 fully saturated rings. The van der Waals surface area contributed by atoms with E-state index < -0.39 is 0 Å². The standard InChI is InChI=1S/C21H19Cl2N5O/c1-12-6-4-2-3-5-7-13(8-12)28-21-18(20(24)25-11-26-21)19(27-28)14-9-17(29)16(23)10-15(14)22/h2-4,6,9-11,13,29H,1,5,7-8H2,(H2,24,25,26)/b3-2-,6-4-. The van der Waals surface area contributed by atoms with Gasteiger partial charge in [-0.3, -0.25) is 0 Å². The number of fused-ring (bicyclic) bond motifs is 1. The summed E-state index contributed by atoms with van der Waals surface area (Å²) in [6.45, 7) is 4.14. The summed E-state index contributed by atoms with van der Waals surface area (Å²) in [7, 11) is 0. The number of nitrogens with two attached hydrogens (primary N) is 1. The Morgan fingerprint density at radius 3 is 2.83 bits per heavy atom. The quantitative estimate of drug-likeness (QED) is 0.564. The first kappa shape index (κ1) is 19.5. The van der Waals surface area contributed by atoms with Crippen molar-refractivity contribution in [1.82, 2.24) is 19.7 Å². The summed E-state index contributed by atoms with van der Waals surface area (Å²) >= 11 is 12.4. The van der Waals surface area contributed by atoms with Gasteiger partial charge in [0.15, 0.2) is 5.65 Å². The number of allylic oxidation sites excluding steroid dienone is 5. The number of benzene rings is 1. The van der Waals surface area contributed by atoms with Crippen LogP contribution in [0.1, 0.15) is 25.3 Å². The molecule has 0 aliphatic heterocycles. The first-order chi connectivity index (χ1) is 14.0. The Morgan fingerprint density at radius 2 is 2.00 bits per heavy atom. The van der Waals surface area contributed by atoms with Gasteiger partial charge in [-0.05, 0) is 31.4 Å². The van der Waals surface area contributed by atoms with Crippen molar-refractivity contribution in [3.63, 3.8) is 0 Å². The van der Waals surface area contributed by atoms with E-state index in [0.29, 0.717) is 33.1 Å². The van der Waals surface area contributed by atoms with Gasteiger partial charge in [0.1, 0.15) is 23.6 Å². The van der Waals surface area contributed by atoms with Crippen LogP contribution in [-0.4, -0.2) is 24.9 Å². The molecule has 8 heteroatoms. The maximum atomic E-state index is 10.1. The van der Waals surface area contributed by atoms with Gasteiger partial charge < -0.3 is 10.8 Å². The van der Waals surface area contributed by atoms with Crippen molar-refractivity contribution in [3.8, 4) is 17.0 Å². The number of phenols is 1. The number of rotatable bonds is 2. The molecule has 3 aromatic rings. The molecular weight excluding hydrogens is 409 g/mol. The van der Waals surface area contributed by atoms with Crippen LogP contribution in [0.3, 0.4) is 0 Å². The van der Waals surface area contributed by atoms with E-state index >= 15 is 0 Å². The van der Waals surface area contributed by atoms with Crippen LogP contribution in [0.15, 0.2) is 54.9 Å². The number of phenolic OH excluding ortho intramolecular Hbond substituents is 1. The van der Waals surface area contributed by atoms with Crippen molar-refractivity contribution in [2.24, 2.45) is 0 Å². The first-order valence-electron chi connectivity index (χ1n) is 9.13. The lowest BCUT2D eigenvalue weighted by Gasteiger charge is -2.17. The molecule has 0 radical (unpaired) electrons. The van der Waals surface area contributed by atoms with Crippen LogP contribution in [0.4, 0.5) is 5.82 Å². The summed E-state index contributed by atoms with van der Waals surface area (Å²) in [5.74, 6) is 0.207. The van der Waals surface area contributed by atoms with E-state index in [2.05, 4.69) is 22.6 Å². The van der Waals surface area contributed by atoms with Crippen molar-refractivity contribution in [2.45, 2.75) is 25.3 Å². The fourth-order valence-corrected chi connectivity index (χ4v) is 3.97. The second-order valence-electron chi connectivity index (χ2n) is 6.91. The molecule has 0 bridgehead atoms. The van der Waals surface area contributed by atoms with E-state index in [1.165, 1.54) is 18.5 Å². The van der Waals surface area contributed by atoms with Crippen LogP contribution in [0.5, 0.6) is 5.75 Å². The van der Waals surface area contributed by atoms with Gasteiger partial charge in [-0.2, -0.15) is 5.10 Å². The van der Waals surface area contributed by atoms with Gasteiger partial charge in [-0.25, -0.2) is 14.6 Å². The molecule has 0 amide bonds. The molecule has 1 aromatic carbocycles. The van der Waals surface area contributed by atoms with Gasteiger partial charge in [-0.1, -0.05) is 59.7 Å². The summed E-state index contributed by atoms with van der Waals surface area (Å²) in [5, 5.41) is 16.0. The van der Waals surface area contributed by atoms with E-state index in [1.807, 2.05) is 22.9 Å². The largest absolute Gasteiger partial charge is 0.506 e. The highest BCUT2D eigenvalue weighted by atomic mass is 35.5. The Morgan fingerprint density at radius 1 is 1.17 bits per heavy atom. The molecule has 1 aliphatic rings. The van der Waals surface area contributed by atoms with Gasteiger partial charge in [0.2, 0.25) is 0 Å². The zero-order valence-electron chi connectivity index (χ0n) is 15.5. The first-order valence-corrected chi connectivity index (χ1v) is 9.89. The number of nitrogen functional groups attached to an aromatic ring is 1. The second-order valence-corrected chi connectivity index (χ2v) is 7.73. The molecule has 0 spiro atoms. The molecule has 0 saturated heterocycles. The monoisotopic (exact) mass is 427 g/mol. The lowest BCUT2D eigenvalue weighted by atomic mass is 10.0. The molecular formula is C21H19Cl2N5O. The predicted octanol–water partition coefficient (Wildman–Crippen LogP) is 5.48. The third kappa shape index (κ3) is 3.73. The Hall–Kier alpha value is -2.83. The predicted molar refractivity (Wildman–Crippen MR) is 117 cm³/mol. The number of nitrogens with zero attached hydrogens (tertiary/aromatic N) is 4. The summed E-state index contributed by atoms with van der Waals surface area (Å²) in [4.78, 5) is 8.57. The number of halogens is 2. The van der Waals surface area contributed by atoms with E-state index in [0.717, 1.165) is 24.8 Å². The highest BCUT2D eigenvalue weighted by molar-refractivity contribution is 6.37. The summed E-state index contributed by atoms with van der Waals surface area (Å²) in [6.07, 6.45) is 12.0. The smallest absolute Gasteiger partial charge is 0.164 e. The topological polar surface area (TPSA) is 89.8 Å². The van der Waals surface area contributed by atoms with Gasteiger partial charge in [-0.15, -0.1) is 0 Å². The molecule has 1 atom stereocenters. The van der Waals surface area contributed by atoms with Crippen LogP contribution < -0.4 is 5.73 Å². The normalized spacial score (nSPS) is 19.5. The number of hydrogen-bond acceptors (Lipinski definition) is 5. The molecule has 4 rings (SSSR count). The maximum absolute atomic E-state index is 10.1. The molecule has 29 heavy (non-hydrogen) atoms. The Kier molecular flexibility index (Phi) is 5.30. The Balaban J connectivity index is 1.92. The minimum Gasteiger partial charge on any atom is -0.506 e. The van der Waals surface area contributed by atoms with Crippen molar-refractivity contribution in [2.75, 3.05) is 5.73 Å². The lowest BCUT2D eigenvalue weighted by molar-refractivity contribution is 0.438. The zero-order valence-corrected chi connectivity index (χ0v) is 17.0. The molecule has 1 unspecified atom stereocenters. The number of aromatic hydroxyl groups is 1. The average molecular weight is 428 g/mol. The van der Waals surface area contributed by atoms with E-state index in [1.54, 1.807) is 0 Å². The number of hydrogen-bond donors (Lipinski definition) is 2. The van der Waals surface area contributed by atoms with Gasteiger partial charge in [0, 0.05) is 5.56 Å². The van der Waals surface area contributed by atoms with Crippen LogP contribution in [-0.2, 0) is 0 Å². The minimum atomic E-state index is -0.0877. The van der Waals surface area contributed by atoms with Crippen LogP contribution in [0.2, 0.25) is 10.0 Å². The van der Waals surface area contributed by atoms with Crippen molar-refractivity contribution < 1.29 is 5.11 Å². The maximum Gasteiger partial charge on any atom is 0.164 e. The molecule has 148 valence electrons. The molecule has 6 nitrogen and oxygen atoms in total. The highest BCUT2D eigenvalue weighted by Crippen LogP contribution is 2.40. The minimum absolute atomic E-state index is 0.0279. The average Bonchev–Trinajstić information content (AvgIpc) is 3.10. The Bertz CT molecular complexity index is 1170. The van der Waals surface area contributed by atoms with Crippen LogP contribution in [0.25, 0.3) is 22.3 Å². The third-order valence-corrected chi connectivity index (χ3v) is 5.51. The number of anilines is 1. The van der Waals surface area contributed by atoms with Gasteiger partial charge in [0.25, 0.3) is 0 Å². The van der Waals surface area contributed by atoms with Gasteiger partial charge in [0.05, 0.1) is 21.5 Å². The number of aromatic nitrogens is 4. The molecule has 3 N–H and O–H groups in total. The van der Waals surface area contributed by atoms with E-state index in [-0.39, 0.29) is 16.8 Å². The second kappa shape index (κ2) is 7.89. The zero-order chi connectivity index (χ0) is 20.5. The fourth-order valence-electron chi connectivity index (χ4n) is 3.49.